The van der Waals surface area contributed by atoms with Crippen LogP contribution in [0, 0.1) is 6.92 Å². The molecule has 0 unspecified atom stereocenters. The number of hydrogen-bond donors (Lipinski definition) is 2. The van der Waals surface area contributed by atoms with Gasteiger partial charge in [-0.15, -0.1) is 0 Å². The topological polar surface area (TPSA) is 66.9 Å². The summed E-state index contributed by atoms with van der Waals surface area (Å²) < 4.78 is 0. The van der Waals surface area contributed by atoms with Gasteiger partial charge in [0.25, 0.3) is 5.91 Å². The van der Waals surface area contributed by atoms with E-state index in [0.717, 1.165) is 25.8 Å². The molecule has 2 rings (SSSR count). The van der Waals surface area contributed by atoms with Crippen LogP contribution in [-0.4, -0.2) is 22.4 Å². The van der Waals surface area contributed by atoms with E-state index in [2.05, 4.69) is 27.5 Å². The summed E-state index contributed by atoms with van der Waals surface area (Å²) in [6.07, 6.45) is 3.40. The van der Waals surface area contributed by atoms with E-state index < -0.39 is 0 Å². The number of aromatic nitrogens is 2. The van der Waals surface area contributed by atoms with Crippen molar-refractivity contribution in [1.82, 2.24) is 9.97 Å². The van der Waals surface area contributed by atoms with Crippen LogP contribution in [-0.2, 0) is 0 Å². The normalized spacial score (nSPS) is 10.4. The van der Waals surface area contributed by atoms with Gasteiger partial charge < -0.3 is 10.6 Å². The van der Waals surface area contributed by atoms with E-state index >= 15 is 0 Å². The molecule has 0 fully saturated rings. The Bertz CT molecular complexity index is 675. The zero-order valence-electron chi connectivity index (χ0n) is 13.4. The first-order chi connectivity index (χ1) is 11.1. The number of amides is 1. The molecule has 1 amide bonds. The minimum absolute atomic E-state index is 0.305. The Balaban J connectivity index is 2.08. The highest BCUT2D eigenvalue weighted by Crippen LogP contribution is 2.21. The van der Waals surface area contributed by atoms with Gasteiger partial charge >= 0.3 is 0 Å². The number of aryl methyl sites for hydroxylation is 1. The van der Waals surface area contributed by atoms with Crippen LogP contribution in [0.1, 0.15) is 42.5 Å². The van der Waals surface area contributed by atoms with Gasteiger partial charge in [0.2, 0.25) is 0 Å². The van der Waals surface area contributed by atoms with Crippen molar-refractivity contribution in [1.29, 1.82) is 0 Å². The molecule has 0 atom stereocenters. The summed E-state index contributed by atoms with van der Waals surface area (Å²) >= 11 is 6.06. The van der Waals surface area contributed by atoms with Crippen molar-refractivity contribution in [2.24, 2.45) is 0 Å². The highest BCUT2D eigenvalue weighted by Gasteiger charge is 2.12. The Morgan fingerprint density at radius 1 is 1.22 bits per heavy atom. The third-order valence-electron chi connectivity index (χ3n) is 3.28. The molecule has 5 nitrogen and oxygen atoms in total. The molecule has 0 spiro atoms. The van der Waals surface area contributed by atoms with Gasteiger partial charge in [0.15, 0.2) is 0 Å². The molecular weight excluding hydrogens is 312 g/mol. The quantitative estimate of drug-likeness (QED) is 0.742. The minimum Gasteiger partial charge on any atom is -0.370 e. The van der Waals surface area contributed by atoms with Gasteiger partial charge in [0.05, 0.1) is 10.7 Å². The predicted molar refractivity (Wildman–Crippen MR) is 94.2 cm³/mol. The largest absolute Gasteiger partial charge is 0.370 e. The number of carbonyl (C=O) groups is 1. The first-order valence-electron chi connectivity index (χ1n) is 7.75. The molecular formula is C17H21ClN4O. The fourth-order valence-corrected chi connectivity index (χ4v) is 2.30. The fourth-order valence-electron chi connectivity index (χ4n) is 2.11. The van der Waals surface area contributed by atoms with Crippen LogP contribution in [0.5, 0.6) is 0 Å². The van der Waals surface area contributed by atoms with Gasteiger partial charge in [-0.1, -0.05) is 43.5 Å². The van der Waals surface area contributed by atoms with Crippen LogP contribution in [0.15, 0.2) is 30.3 Å². The van der Waals surface area contributed by atoms with Crippen LogP contribution in [0.4, 0.5) is 11.5 Å². The highest BCUT2D eigenvalue weighted by atomic mass is 35.5. The molecule has 1 heterocycles. The third-order valence-corrected chi connectivity index (χ3v) is 3.61. The standard InChI is InChI=1S/C17H21ClN4O/c1-3-4-7-10-19-16-11-15(20-12(2)21-16)17(23)22-14-9-6-5-8-13(14)18/h5-6,8-9,11H,3-4,7,10H2,1-2H3,(H,22,23)(H,19,20,21). The van der Waals surface area contributed by atoms with Crippen LogP contribution in [0.25, 0.3) is 0 Å². The van der Waals surface area contributed by atoms with Crippen LogP contribution in [0.3, 0.4) is 0 Å². The summed E-state index contributed by atoms with van der Waals surface area (Å²) in [7, 11) is 0. The molecule has 122 valence electrons. The van der Waals surface area contributed by atoms with Crippen molar-refractivity contribution < 1.29 is 4.79 Å². The number of rotatable bonds is 7. The average molecular weight is 333 g/mol. The molecule has 0 saturated carbocycles. The minimum atomic E-state index is -0.305. The second-order valence-corrected chi connectivity index (χ2v) is 5.66. The summed E-state index contributed by atoms with van der Waals surface area (Å²) in [4.78, 5) is 20.9. The van der Waals surface area contributed by atoms with E-state index in [1.165, 1.54) is 0 Å². The fraction of sp³-hybridized carbons (Fsp3) is 0.353. The molecule has 0 aliphatic carbocycles. The molecule has 0 radical (unpaired) electrons. The molecule has 0 aliphatic heterocycles. The Morgan fingerprint density at radius 3 is 2.74 bits per heavy atom. The Kier molecular flexibility index (Phi) is 6.35. The van der Waals surface area contributed by atoms with Gasteiger partial charge in [-0.2, -0.15) is 0 Å². The van der Waals surface area contributed by atoms with Crippen LogP contribution < -0.4 is 10.6 Å². The van der Waals surface area contributed by atoms with Crippen LogP contribution in [0.2, 0.25) is 5.02 Å². The van der Waals surface area contributed by atoms with Crippen molar-refractivity contribution in [2.45, 2.75) is 33.1 Å². The second kappa shape index (κ2) is 8.48. The number of nitrogens with one attached hydrogen (secondary N) is 2. The van der Waals surface area contributed by atoms with Crippen LogP contribution >= 0.6 is 11.6 Å². The lowest BCUT2D eigenvalue weighted by molar-refractivity contribution is 0.102. The van der Waals surface area contributed by atoms with Crippen molar-refractivity contribution in [2.75, 3.05) is 17.2 Å². The summed E-state index contributed by atoms with van der Waals surface area (Å²) in [5, 5.41) is 6.49. The Morgan fingerprint density at radius 2 is 2.00 bits per heavy atom. The van der Waals surface area contributed by atoms with E-state index in [1.54, 1.807) is 25.1 Å². The molecule has 0 saturated heterocycles. The second-order valence-electron chi connectivity index (χ2n) is 5.25. The van der Waals surface area contributed by atoms with Gasteiger partial charge in [-0.3, -0.25) is 4.79 Å². The molecule has 1 aromatic carbocycles. The molecule has 0 bridgehead atoms. The lowest BCUT2D eigenvalue weighted by Crippen LogP contribution is -2.16. The van der Waals surface area contributed by atoms with E-state index in [0.29, 0.717) is 28.0 Å². The maximum atomic E-state index is 12.4. The van der Waals surface area contributed by atoms with Crippen molar-refractivity contribution >= 4 is 29.0 Å². The maximum absolute atomic E-state index is 12.4. The molecule has 1 aromatic heterocycles. The van der Waals surface area contributed by atoms with E-state index in [1.807, 2.05) is 12.1 Å². The number of unbranched alkanes of at least 4 members (excludes halogenated alkanes) is 2. The Hall–Kier alpha value is -2.14. The van der Waals surface area contributed by atoms with E-state index in [-0.39, 0.29) is 5.91 Å². The SMILES string of the molecule is CCCCCNc1cc(C(=O)Nc2ccccc2Cl)nc(C)n1. The third kappa shape index (κ3) is 5.21. The molecule has 2 aromatic rings. The van der Waals surface area contributed by atoms with Crippen molar-refractivity contribution in [3.63, 3.8) is 0 Å². The monoisotopic (exact) mass is 332 g/mol. The first-order valence-corrected chi connectivity index (χ1v) is 8.13. The zero-order valence-corrected chi connectivity index (χ0v) is 14.2. The molecule has 23 heavy (non-hydrogen) atoms. The van der Waals surface area contributed by atoms with E-state index in [4.69, 9.17) is 11.6 Å². The average Bonchev–Trinajstić information content (AvgIpc) is 2.53. The highest BCUT2D eigenvalue weighted by molar-refractivity contribution is 6.33. The lowest BCUT2D eigenvalue weighted by Gasteiger charge is -2.09. The van der Waals surface area contributed by atoms with E-state index in [9.17, 15) is 4.79 Å². The first kappa shape index (κ1) is 17.2. The number of anilines is 2. The van der Waals surface area contributed by atoms with Crippen molar-refractivity contribution in [3.05, 3.63) is 46.9 Å². The molecule has 0 aliphatic rings. The van der Waals surface area contributed by atoms with Gasteiger partial charge in [0.1, 0.15) is 17.3 Å². The molecule has 2 N–H and O–H groups in total. The van der Waals surface area contributed by atoms with Gasteiger partial charge in [0, 0.05) is 12.6 Å². The number of halogens is 1. The number of para-hydroxylation sites is 1. The van der Waals surface area contributed by atoms with Gasteiger partial charge in [-0.25, -0.2) is 9.97 Å². The smallest absolute Gasteiger partial charge is 0.274 e. The maximum Gasteiger partial charge on any atom is 0.274 e. The number of hydrogen-bond acceptors (Lipinski definition) is 4. The predicted octanol–water partition coefficient (Wildman–Crippen LogP) is 4.29. The summed E-state index contributed by atoms with van der Waals surface area (Å²) in [5.74, 6) is 0.910. The zero-order chi connectivity index (χ0) is 16.7. The lowest BCUT2D eigenvalue weighted by atomic mass is 10.2. The molecule has 6 heteroatoms. The summed E-state index contributed by atoms with van der Waals surface area (Å²) in [6, 6.07) is 8.75. The summed E-state index contributed by atoms with van der Waals surface area (Å²) in [6.45, 7) is 4.76. The number of benzene rings is 1. The Labute approximate surface area is 141 Å². The van der Waals surface area contributed by atoms with Crippen molar-refractivity contribution in [3.8, 4) is 0 Å². The van der Waals surface area contributed by atoms with Gasteiger partial charge in [-0.05, 0) is 25.5 Å². The number of carbonyl (C=O) groups excluding carboxylic acids is 1. The summed E-state index contributed by atoms with van der Waals surface area (Å²) in [5.41, 5.74) is 0.878. The number of nitrogens with zero attached hydrogens (tertiary/aromatic N) is 2.